The Balaban J connectivity index is 1.70. The van der Waals surface area contributed by atoms with Crippen LogP contribution in [-0.4, -0.2) is 11.9 Å². The van der Waals surface area contributed by atoms with Crippen LogP contribution in [0.5, 0.6) is 0 Å². The molecule has 1 aliphatic carbocycles. The largest absolute Gasteiger partial charge is 0.352 e. The summed E-state index contributed by atoms with van der Waals surface area (Å²) in [4.78, 5) is 12.5. The highest BCUT2D eigenvalue weighted by Gasteiger charge is 2.28. The van der Waals surface area contributed by atoms with E-state index < -0.39 is 0 Å². The van der Waals surface area contributed by atoms with E-state index in [0.717, 1.165) is 18.4 Å². The average Bonchev–Trinajstić information content (AvgIpc) is 3.34. The van der Waals surface area contributed by atoms with Gasteiger partial charge in [0.25, 0.3) is 0 Å². The standard InChI is InChI=1S/C19H22N2O/c1-14-7-9-15(10-8-14)13-20-18(16-5-3-2-4-6-16)19(22)21-17-11-12-17/h2-10,17-18,20H,11-13H2,1H3,(H,21,22)/t18-/m1/s1. The van der Waals surface area contributed by atoms with Crippen LogP contribution in [0.1, 0.15) is 35.6 Å². The third-order valence-corrected chi connectivity index (χ3v) is 3.95. The first-order valence-electron chi connectivity index (χ1n) is 7.86. The first-order chi connectivity index (χ1) is 10.7. The molecule has 0 aliphatic heterocycles. The Hall–Kier alpha value is -2.13. The van der Waals surface area contributed by atoms with Gasteiger partial charge in [-0.1, -0.05) is 60.2 Å². The SMILES string of the molecule is Cc1ccc(CN[C@@H](C(=O)NC2CC2)c2ccccc2)cc1. The van der Waals surface area contributed by atoms with Crippen LogP contribution < -0.4 is 10.6 Å². The maximum atomic E-state index is 12.5. The predicted molar refractivity (Wildman–Crippen MR) is 88.4 cm³/mol. The highest BCUT2D eigenvalue weighted by atomic mass is 16.2. The van der Waals surface area contributed by atoms with Crippen LogP contribution in [0.4, 0.5) is 0 Å². The monoisotopic (exact) mass is 294 g/mol. The van der Waals surface area contributed by atoms with Gasteiger partial charge >= 0.3 is 0 Å². The van der Waals surface area contributed by atoms with Gasteiger partial charge in [-0.2, -0.15) is 0 Å². The minimum Gasteiger partial charge on any atom is -0.352 e. The lowest BCUT2D eigenvalue weighted by Crippen LogP contribution is -2.38. The molecule has 3 nitrogen and oxygen atoms in total. The summed E-state index contributed by atoms with van der Waals surface area (Å²) >= 11 is 0. The van der Waals surface area contributed by atoms with Crippen molar-refractivity contribution in [2.45, 2.75) is 38.4 Å². The Morgan fingerprint density at radius 2 is 1.77 bits per heavy atom. The summed E-state index contributed by atoms with van der Waals surface area (Å²) in [5, 5.41) is 6.49. The molecule has 1 aliphatic rings. The third-order valence-electron chi connectivity index (χ3n) is 3.95. The van der Waals surface area contributed by atoms with E-state index in [1.807, 2.05) is 30.3 Å². The van der Waals surface area contributed by atoms with E-state index in [0.29, 0.717) is 12.6 Å². The molecule has 0 spiro atoms. The average molecular weight is 294 g/mol. The number of rotatable bonds is 6. The maximum Gasteiger partial charge on any atom is 0.241 e. The summed E-state index contributed by atoms with van der Waals surface area (Å²) in [5.74, 6) is 0.0702. The topological polar surface area (TPSA) is 41.1 Å². The lowest BCUT2D eigenvalue weighted by atomic mass is 10.1. The molecule has 0 unspecified atom stereocenters. The first kappa shape index (κ1) is 14.8. The molecule has 3 rings (SSSR count). The van der Waals surface area contributed by atoms with Crippen LogP contribution in [-0.2, 0) is 11.3 Å². The second-order valence-electron chi connectivity index (χ2n) is 5.99. The Morgan fingerprint density at radius 1 is 1.09 bits per heavy atom. The van der Waals surface area contributed by atoms with Gasteiger partial charge in [0.2, 0.25) is 5.91 Å². The summed E-state index contributed by atoms with van der Waals surface area (Å²) in [7, 11) is 0. The zero-order valence-electron chi connectivity index (χ0n) is 12.9. The predicted octanol–water partition coefficient (Wildman–Crippen LogP) is 3.10. The molecule has 0 bridgehead atoms. The molecule has 0 aromatic heterocycles. The van der Waals surface area contributed by atoms with E-state index in [-0.39, 0.29) is 11.9 Å². The summed E-state index contributed by atoms with van der Waals surface area (Å²) in [6, 6.07) is 18.4. The molecule has 1 fully saturated rings. The van der Waals surface area contributed by atoms with E-state index in [1.165, 1.54) is 11.1 Å². The maximum absolute atomic E-state index is 12.5. The fourth-order valence-electron chi connectivity index (χ4n) is 2.45. The van der Waals surface area contributed by atoms with E-state index in [9.17, 15) is 4.79 Å². The number of nitrogens with one attached hydrogen (secondary N) is 2. The molecular weight excluding hydrogens is 272 g/mol. The number of amides is 1. The number of carbonyl (C=O) groups is 1. The summed E-state index contributed by atoms with van der Waals surface area (Å²) < 4.78 is 0. The van der Waals surface area contributed by atoms with Gasteiger partial charge in [-0.05, 0) is 30.9 Å². The number of hydrogen-bond acceptors (Lipinski definition) is 2. The quantitative estimate of drug-likeness (QED) is 0.859. The highest BCUT2D eigenvalue weighted by Crippen LogP contribution is 2.21. The molecule has 3 heteroatoms. The molecule has 0 radical (unpaired) electrons. The van der Waals surface area contributed by atoms with Crippen LogP contribution in [0, 0.1) is 6.92 Å². The van der Waals surface area contributed by atoms with E-state index in [2.05, 4.69) is 41.8 Å². The molecule has 2 aromatic rings. The van der Waals surface area contributed by atoms with Gasteiger partial charge in [0.1, 0.15) is 6.04 Å². The van der Waals surface area contributed by atoms with Crippen molar-refractivity contribution in [3.05, 3.63) is 71.3 Å². The highest BCUT2D eigenvalue weighted by molar-refractivity contribution is 5.83. The molecule has 2 aromatic carbocycles. The van der Waals surface area contributed by atoms with Crippen molar-refractivity contribution in [1.82, 2.24) is 10.6 Å². The number of benzene rings is 2. The Bertz CT molecular complexity index is 618. The second kappa shape index (κ2) is 6.75. The van der Waals surface area contributed by atoms with Crippen molar-refractivity contribution in [1.29, 1.82) is 0 Å². The van der Waals surface area contributed by atoms with Crippen molar-refractivity contribution in [3.63, 3.8) is 0 Å². The number of aryl methyl sites for hydroxylation is 1. The molecule has 0 heterocycles. The second-order valence-corrected chi connectivity index (χ2v) is 5.99. The smallest absolute Gasteiger partial charge is 0.241 e. The first-order valence-corrected chi connectivity index (χ1v) is 7.86. The molecule has 2 N–H and O–H groups in total. The van der Waals surface area contributed by atoms with Crippen LogP contribution in [0.2, 0.25) is 0 Å². The van der Waals surface area contributed by atoms with Crippen LogP contribution in [0.25, 0.3) is 0 Å². The van der Waals surface area contributed by atoms with E-state index in [1.54, 1.807) is 0 Å². The minimum absolute atomic E-state index is 0.0702. The van der Waals surface area contributed by atoms with Crippen molar-refractivity contribution < 1.29 is 4.79 Å². The van der Waals surface area contributed by atoms with Crippen LogP contribution >= 0.6 is 0 Å². The van der Waals surface area contributed by atoms with Gasteiger partial charge in [0, 0.05) is 12.6 Å². The third kappa shape index (κ3) is 3.95. The van der Waals surface area contributed by atoms with Gasteiger partial charge < -0.3 is 5.32 Å². The lowest BCUT2D eigenvalue weighted by molar-refractivity contribution is -0.123. The normalized spacial score (nSPS) is 15.3. The minimum atomic E-state index is -0.303. The zero-order chi connectivity index (χ0) is 15.4. The van der Waals surface area contributed by atoms with E-state index >= 15 is 0 Å². The molecule has 1 atom stereocenters. The molecule has 114 valence electrons. The fourth-order valence-corrected chi connectivity index (χ4v) is 2.45. The van der Waals surface area contributed by atoms with Gasteiger partial charge in [0.05, 0.1) is 0 Å². The van der Waals surface area contributed by atoms with Crippen LogP contribution in [0.3, 0.4) is 0 Å². The molecule has 0 saturated heterocycles. The van der Waals surface area contributed by atoms with Gasteiger partial charge in [0.15, 0.2) is 0 Å². The lowest BCUT2D eigenvalue weighted by Gasteiger charge is -2.19. The number of hydrogen-bond donors (Lipinski definition) is 2. The molecule has 1 saturated carbocycles. The van der Waals surface area contributed by atoms with Gasteiger partial charge in [-0.15, -0.1) is 0 Å². The molecule has 1 amide bonds. The van der Waals surface area contributed by atoms with E-state index in [4.69, 9.17) is 0 Å². The Labute approximate surface area is 131 Å². The van der Waals surface area contributed by atoms with Gasteiger partial charge in [-0.25, -0.2) is 0 Å². The van der Waals surface area contributed by atoms with Crippen LogP contribution in [0.15, 0.2) is 54.6 Å². The fraction of sp³-hybridized carbons (Fsp3) is 0.316. The molecule has 22 heavy (non-hydrogen) atoms. The Morgan fingerprint density at radius 3 is 2.41 bits per heavy atom. The van der Waals surface area contributed by atoms with Crippen molar-refractivity contribution in [2.75, 3.05) is 0 Å². The number of carbonyl (C=O) groups excluding carboxylic acids is 1. The molecular formula is C19H22N2O. The van der Waals surface area contributed by atoms with Crippen molar-refractivity contribution in [3.8, 4) is 0 Å². The van der Waals surface area contributed by atoms with Gasteiger partial charge in [-0.3, -0.25) is 10.1 Å². The van der Waals surface area contributed by atoms with Crippen molar-refractivity contribution in [2.24, 2.45) is 0 Å². The summed E-state index contributed by atoms with van der Waals surface area (Å²) in [6.45, 7) is 2.75. The van der Waals surface area contributed by atoms with Crippen molar-refractivity contribution >= 4 is 5.91 Å². The zero-order valence-corrected chi connectivity index (χ0v) is 12.9. The Kier molecular flexibility index (Phi) is 4.54. The summed E-state index contributed by atoms with van der Waals surface area (Å²) in [5.41, 5.74) is 3.44. The summed E-state index contributed by atoms with van der Waals surface area (Å²) in [6.07, 6.45) is 2.20.